The maximum atomic E-state index is 8.89. The number of nitrogens with two attached hydrogens (primary N) is 3. The number of nitrogens with one attached hydrogen (secondary N) is 1. The van der Waals surface area contributed by atoms with Gasteiger partial charge in [0.1, 0.15) is 11.4 Å². The first-order valence-electron chi connectivity index (χ1n) is 6.03. The topological polar surface area (TPSA) is 145 Å². The van der Waals surface area contributed by atoms with E-state index in [4.69, 9.17) is 27.1 Å². The molecule has 0 heterocycles. The Hall–Kier alpha value is -3.09. The summed E-state index contributed by atoms with van der Waals surface area (Å²) in [6.45, 7) is 0.972. The molecular weight excluding hydrogens is 270 g/mol. The number of rotatable bonds is 2. The molecule has 0 amide bonds. The first-order chi connectivity index (χ1) is 9.88. The van der Waals surface area contributed by atoms with E-state index in [0.29, 0.717) is 22.7 Å². The van der Waals surface area contributed by atoms with E-state index in [2.05, 4.69) is 10.2 Å². The summed E-state index contributed by atoms with van der Waals surface area (Å²) in [5.41, 5.74) is 20.3. The van der Waals surface area contributed by atoms with E-state index in [1.165, 1.54) is 0 Å². The van der Waals surface area contributed by atoms with Crippen molar-refractivity contribution in [1.82, 2.24) is 0 Å². The molecule has 0 unspecified atom stereocenters. The molecule has 0 aromatic heterocycles. The number of azo groups is 1. The number of nitrogens with zero attached hydrogens (tertiary/aromatic N) is 1. The minimum absolute atomic E-state index is 0.553. The van der Waals surface area contributed by atoms with Crippen LogP contribution in [0.3, 0.4) is 0 Å². The number of anilines is 3. The van der Waals surface area contributed by atoms with Crippen LogP contribution in [0.2, 0.25) is 0 Å². The van der Waals surface area contributed by atoms with Crippen LogP contribution in [-0.2, 0) is 4.79 Å². The quantitative estimate of drug-likeness (QED) is 0.442. The lowest BCUT2D eigenvalue weighted by molar-refractivity contribution is -0.432. The van der Waals surface area contributed by atoms with Gasteiger partial charge in [0.15, 0.2) is 0 Å². The summed E-state index contributed by atoms with van der Waals surface area (Å²) in [4.78, 5) is 8.89. The van der Waals surface area contributed by atoms with Gasteiger partial charge in [0.05, 0.1) is 0 Å². The summed E-state index contributed by atoms with van der Waals surface area (Å²) in [6, 6.07) is 12.5. The Kier molecular flexibility index (Phi) is 5.69. The monoisotopic (exact) mass is 287 g/mol. The summed E-state index contributed by atoms with van der Waals surface area (Å²) in [5.74, 6) is -1.08. The second-order valence-corrected chi connectivity index (χ2v) is 4.16. The lowest BCUT2D eigenvalue weighted by Gasteiger charge is -1.95. The minimum Gasteiger partial charge on any atom is -0.550 e. The number of benzene rings is 2. The Morgan fingerprint density at radius 3 is 2.29 bits per heavy atom. The summed E-state index contributed by atoms with van der Waals surface area (Å²) in [6.07, 6.45) is 0. The molecule has 0 aliphatic heterocycles. The van der Waals surface area contributed by atoms with Crippen molar-refractivity contribution in [3.8, 4) is 0 Å². The molecule has 0 radical (unpaired) electrons. The first kappa shape index (κ1) is 16.0. The van der Waals surface area contributed by atoms with Crippen LogP contribution in [0.4, 0.5) is 28.4 Å². The Balaban J connectivity index is 0.000000491. The molecule has 2 aromatic carbocycles. The SMILES string of the molecule is CC(=O)[O-].Nc1cccc(N=[NH+]c2ccc(N)cc2N)c1. The van der Waals surface area contributed by atoms with Crippen molar-refractivity contribution < 1.29 is 15.0 Å². The van der Waals surface area contributed by atoms with E-state index in [1.54, 1.807) is 30.3 Å². The standard InChI is InChI=1S/C12H13N5.C2H4O2/c13-8-2-1-3-10(6-8)16-17-12-5-4-9(14)7-11(12)15;1-2(3)4/h1-7H,13-15H2;1H3,(H,3,4). The van der Waals surface area contributed by atoms with Gasteiger partial charge in [0, 0.05) is 23.4 Å². The van der Waals surface area contributed by atoms with Gasteiger partial charge in [-0.2, -0.15) is 0 Å². The maximum absolute atomic E-state index is 8.89. The van der Waals surface area contributed by atoms with E-state index in [-0.39, 0.29) is 0 Å². The smallest absolute Gasteiger partial charge is 0.252 e. The van der Waals surface area contributed by atoms with Crippen molar-refractivity contribution in [1.29, 1.82) is 0 Å². The van der Waals surface area contributed by atoms with Gasteiger partial charge in [0.25, 0.3) is 5.69 Å². The number of carboxylic acids is 1. The van der Waals surface area contributed by atoms with Gasteiger partial charge in [-0.3, -0.25) is 0 Å². The molecule has 7 heteroatoms. The van der Waals surface area contributed by atoms with Crippen LogP contribution in [0.1, 0.15) is 6.92 Å². The van der Waals surface area contributed by atoms with Crippen molar-refractivity contribution >= 4 is 34.4 Å². The van der Waals surface area contributed by atoms with Gasteiger partial charge in [-0.15, -0.1) is 0 Å². The molecule has 0 spiro atoms. The summed E-state index contributed by atoms with van der Waals surface area (Å²) < 4.78 is 0. The van der Waals surface area contributed by atoms with E-state index in [9.17, 15) is 0 Å². The second kappa shape index (κ2) is 7.49. The molecule has 0 saturated heterocycles. The fraction of sp³-hybridized carbons (Fsp3) is 0.0714. The first-order valence-corrected chi connectivity index (χ1v) is 6.03. The number of aliphatic carboxylic acids is 1. The molecular formula is C14H17N5O2. The number of nitrogen functional groups attached to an aromatic ring is 3. The van der Waals surface area contributed by atoms with E-state index >= 15 is 0 Å². The van der Waals surface area contributed by atoms with Crippen molar-refractivity contribution in [2.75, 3.05) is 17.2 Å². The molecule has 0 saturated carbocycles. The summed E-state index contributed by atoms with van der Waals surface area (Å²) >= 11 is 0. The van der Waals surface area contributed by atoms with E-state index < -0.39 is 5.97 Å². The van der Waals surface area contributed by atoms with Crippen LogP contribution in [0, 0.1) is 0 Å². The largest absolute Gasteiger partial charge is 0.550 e. The highest BCUT2D eigenvalue weighted by molar-refractivity contribution is 5.63. The van der Waals surface area contributed by atoms with Gasteiger partial charge >= 0.3 is 0 Å². The average molecular weight is 287 g/mol. The van der Waals surface area contributed by atoms with E-state index in [0.717, 1.165) is 12.6 Å². The fourth-order valence-corrected chi connectivity index (χ4v) is 1.40. The highest BCUT2D eigenvalue weighted by Crippen LogP contribution is 2.17. The number of carbonyl (C=O) groups excluding carboxylic acids is 1. The molecule has 2 rings (SSSR count). The number of hydrogen-bond donors (Lipinski definition) is 4. The van der Waals surface area contributed by atoms with Crippen LogP contribution < -0.4 is 27.4 Å². The third kappa shape index (κ3) is 6.06. The Morgan fingerprint density at radius 1 is 1.10 bits per heavy atom. The molecule has 0 aliphatic rings. The van der Waals surface area contributed by atoms with Crippen LogP contribution in [0.15, 0.2) is 47.6 Å². The van der Waals surface area contributed by atoms with Crippen molar-refractivity contribution in [3.05, 3.63) is 42.5 Å². The third-order valence-electron chi connectivity index (χ3n) is 2.25. The normalized spacial score (nSPS) is 9.95. The molecule has 7 nitrogen and oxygen atoms in total. The van der Waals surface area contributed by atoms with Gasteiger partial charge in [0.2, 0.25) is 0 Å². The van der Waals surface area contributed by atoms with Crippen LogP contribution in [0.25, 0.3) is 0 Å². The summed E-state index contributed by atoms with van der Waals surface area (Å²) in [7, 11) is 0. The second-order valence-electron chi connectivity index (χ2n) is 4.16. The summed E-state index contributed by atoms with van der Waals surface area (Å²) in [5, 5.41) is 15.9. The molecule has 2 aromatic rings. The van der Waals surface area contributed by atoms with Crippen molar-refractivity contribution in [2.45, 2.75) is 6.92 Å². The highest BCUT2D eigenvalue weighted by Gasteiger charge is 2.03. The zero-order chi connectivity index (χ0) is 15.8. The molecule has 21 heavy (non-hydrogen) atoms. The van der Waals surface area contributed by atoms with Crippen LogP contribution in [0.5, 0.6) is 0 Å². The van der Waals surface area contributed by atoms with Crippen LogP contribution >= 0.6 is 0 Å². The van der Waals surface area contributed by atoms with Gasteiger partial charge in [-0.25, -0.2) is 0 Å². The molecule has 0 aliphatic carbocycles. The van der Waals surface area contributed by atoms with E-state index in [1.807, 2.05) is 12.1 Å². The van der Waals surface area contributed by atoms with Crippen molar-refractivity contribution in [2.24, 2.45) is 5.11 Å². The van der Waals surface area contributed by atoms with Crippen LogP contribution in [-0.4, -0.2) is 5.97 Å². The van der Waals surface area contributed by atoms with Gasteiger partial charge in [-0.1, -0.05) is 11.2 Å². The van der Waals surface area contributed by atoms with Gasteiger partial charge < -0.3 is 27.1 Å². The Bertz CT molecular complexity index is 652. The van der Waals surface area contributed by atoms with Crippen molar-refractivity contribution in [3.63, 3.8) is 0 Å². The zero-order valence-corrected chi connectivity index (χ0v) is 11.5. The molecule has 0 fully saturated rings. The molecule has 7 N–H and O–H groups in total. The fourth-order valence-electron chi connectivity index (χ4n) is 1.40. The third-order valence-corrected chi connectivity index (χ3v) is 2.25. The number of carbonyl (C=O) groups is 1. The maximum Gasteiger partial charge on any atom is 0.252 e. The predicted molar refractivity (Wildman–Crippen MR) is 79.5 cm³/mol. The van der Waals surface area contributed by atoms with Gasteiger partial charge in [-0.05, 0) is 42.4 Å². The Morgan fingerprint density at radius 2 is 1.71 bits per heavy atom. The molecule has 0 bridgehead atoms. The average Bonchev–Trinajstić information content (AvgIpc) is 2.37. The Labute approximate surface area is 122 Å². The lowest BCUT2D eigenvalue weighted by Crippen LogP contribution is -2.57. The zero-order valence-electron chi connectivity index (χ0n) is 11.5. The molecule has 110 valence electrons. The molecule has 0 atom stereocenters. The number of carboxylic acid groups (broad SMARTS) is 1. The lowest BCUT2D eigenvalue weighted by atomic mass is 10.2. The predicted octanol–water partition coefficient (Wildman–Crippen LogP) is -0.315. The number of hydrogen-bond acceptors (Lipinski definition) is 6. The minimum atomic E-state index is -1.08. The highest BCUT2D eigenvalue weighted by atomic mass is 16.4.